The van der Waals surface area contributed by atoms with Crippen molar-refractivity contribution in [1.29, 1.82) is 0 Å². The van der Waals surface area contributed by atoms with Crippen LogP contribution in [0.15, 0.2) is 91.0 Å². The third-order valence-electron chi connectivity index (χ3n) is 6.09. The Balaban J connectivity index is 1.86. The number of rotatable bonds is 0. The molecular weight excluding hydrogens is 403 g/mol. The maximum absolute atomic E-state index is 2.48. The Labute approximate surface area is 167 Å². The van der Waals surface area contributed by atoms with Gasteiger partial charge in [0.05, 0.1) is 0 Å². The molecule has 0 amide bonds. The first-order valence-corrected chi connectivity index (χ1v) is 11.3. The molecule has 28 heavy (non-hydrogen) atoms. The minimum absolute atomic E-state index is 0.340. The zero-order valence-electron chi connectivity index (χ0n) is 15.1. The first kappa shape index (κ1) is 15.0. The van der Waals surface area contributed by atoms with Gasteiger partial charge in [-0.05, 0) is 0 Å². The molecule has 0 spiro atoms. The van der Waals surface area contributed by atoms with Gasteiger partial charge >= 0.3 is 168 Å². The van der Waals surface area contributed by atoms with E-state index >= 15 is 0 Å². The molecule has 0 saturated heterocycles. The van der Waals surface area contributed by atoms with E-state index in [0.29, 0.717) is 14.5 Å². The van der Waals surface area contributed by atoms with E-state index in [2.05, 4.69) is 91.0 Å². The number of benzene rings is 6. The van der Waals surface area contributed by atoms with E-state index in [1.165, 1.54) is 62.4 Å². The monoisotopic (exact) mass is 419 g/mol. The van der Waals surface area contributed by atoms with Crippen molar-refractivity contribution in [2.24, 2.45) is 0 Å². The maximum atomic E-state index is 2.48. The fourth-order valence-corrected chi connectivity index (χ4v) is 7.18. The summed E-state index contributed by atoms with van der Waals surface area (Å²) in [5, 5.41) is 13.9. The van der Waals surface area contributed by atoms with Crippen molar-refractivity contribution in [3.8, 4) is 0 Å². The molecule has 0 aliphatic rings. The van der Waals surface area contributed by atoms with Gasteiger partial charge in [-0.1, -0.05) is 0 Å². The molecule has 1 heterocycles. The van der Waals surface area contributed by atoms with E-state index in [0.717, 1.165) is 0 Å². The van der Waals surface area contributed by atoms with E-state index in [1.54, 1.807) is 0 Å². The minimum atomic E-state index is 0.340. The van der Waals surface area contributed by atoms with E-state index in [-0.39, 0.29) is 0 Å². The Kier molecular flexibility index (Phi) is 2.83. The second-order valence-corrected chi connectivity index (χ2v) is 9.83. The van der Waals surface area contributed by atoms with Crippen LogP contribution in [0.3, 0.4) is 0 Å². The molecule has 0 N–H and O–H groups in total. The summed E-state index contributed by atoms with van der Waals surface area (Å²) in [7, 11) is 0. The molecule has 0 fully saturated rings. The Morgan fingerprint density at radius 3 is 1.82 bits per heavy atom. The van der Waals surface area contributed by atoms with Crippen molar-refractivity contribution in [3.05, 3.63) is 91.0 Å². The predicted octanol–water partition coefficient (Wildman–Crippen LogP) is 7.38. The van der Waals surface area contributed by atoms with Gasteiger partial charge in [0.2, 0.25) is 0 Å². The van der Waals surface area contributed by atoms with Gasteiger partial charge in [-0.3, -0.25) is 0 Å². The first-order chi connectivity index (χ1) is 13.9. The quantitative estimate of drug-likeness (QED) is 0.137. The van der Waals surface area contributed by atoms with E-state index < -0.39 is 0 Å². The summed E-state index contributed by atoms with van der Waals surface area (Å²) in [4.78, 5) is 0. The summed E-state index contributed by atoms with van der Waals surface area (Å²) >= 11 is 0.340. The van der Waals surface area contributed by atoms with Gasteiger partial charge in [0, 0.05) is 0 Å². The van der Waals surface area contributed by atoms with Crippen LogP contribution < -0.4 is 0 Å². The van der Waals surface area contributed by atoms with Crippen molar-refractivity contribution in [3.63, 3.8) is 0 Å². The molecule has 7 rings (SSSR count). The van der Waals surface area contributed by atoms with Crippen molar-refractivity contribution >= 4 is 76.9 Å². The van der Waals surface area contributed by atoms with Crippen LogP contribution in [0.4, 0.5) is 0 Å². The van der Waals surface area contributed by atoms with Crippen molar-refractivity contribution in [2.75, 3.05) is 0 Å². The summed E-state index contributed by atoms with van der Waals surface area (Å²) in [6, 6.07) is 34.0. The van der Waals surface area contributed by atoms with Crippen LogP contribution in [0.5, 0.6) is 0 Å². The molecular formula is C27H15Se+. The molecule has 0 bridgehead atoms. The number of hydrogen-bond acceptors (Lipinski definition) is 0. The second kappa shape index (κ2) is 5.29. The van der Waals surface area contributed by atoms with Crippen LogP contribution >= 0.6 is 0 Å². The van der Waals surface area contributed by atoms with Crippen molar-refractivity contribution < 1.29 is 0 Å². The number of hydrogen-bond donors (Lipinski definition) is 0. The summed E-state index contributed by atoms with van der Waals surface area (Å²) in [5.41, 5.74) is 0. The molecule has 0 aliphatic heterocycles. The van der Waals surface area contributed by atoms with Crippen LogP contribution in [-0.4, -0.2) is 14.5 Å². The zero-order chi connectivity index (χ0) is 18.2. The summed E-state index contributed by atoms with van der Waals surface area (Å²) in [5.74, 6) is 0. The van der Waals surface area contributed by atoms with Crippen LogP contribution in [0.1, 0.15) is 0 Å². The third-order valence-corrected chi connectivity index (χ3v) is 8.50. The summed E-state index contributed by atoms with van der Waals surface area (Å²) < 4.78 is 2.99. The van der Waals surface area contributed by atoms with E-state index in [4.69, 9.17) is 0 Å². The van der Waals surface area contributed by atoms with Gasteiger partial charge in [-0.2, -0.15) is 0 Å². The molecule has 0 unspecified atom stereocenters. The molecule has 0 saturated carbocycles. The van der Waals surface area contributed by atoms with Gasteiger partial charge in [0.1, 0.15) is 0 Å². The summed E-state index contributed by atoms with van der Waals surface area (Å²) in [6.45, 7) is 0. The molecule has 0 aliphatic carbocycles. The van der Waals surface area contributed by atoms with Crippen LogP contribution in [0, 0.1) is 0 Å². The van der Waals surface area contributed by atoms with Crippen LogP contribution in [0.25, 0.3) is 62.4 Å². The first-order valence-electron chi connectivity index (χ1n) is 9.62. The van der Waals surface area contributed by atoms with Crippen LogP contribution in [-0.2, 0) is 0 Å². The molecule has 1 aromatic heterocycles. The predicted molar refractivity (Wildman–Crippen MR) is 124 cm³/mol. The summed E-state index contributed by atoms with van der Waals surface area (Å²) in [6.07, 6.45) is 0. The van der Waals surface area contributed by atoms with Gasteiger partial charge in [0.15, 0.2) is 0 Å². The molecule has 0 atom stereocenters. The van der Waals surface area contributed by atoms with Gasteiger partial charge < -0.3 is 0 Å². The molecule has 128 valence electrons. The third kappa shape index (κ3) is 1.83. The Morgan fingerprint density at radius 2 is 1.00 bits per heavy atom. The molecule has 0 radical (unpaired) electrons. The average molecular weight is 418 g/mol. The topological polar surface area (TPSA) is 0 Å². The normalized spacial score (nSPS) is 12.3. The molecule has 7 aromatic rings. The SMILES string of the molecule is c1ccc2[se+]c3cc4c5cccc6cccc(c7cccc(c3cc2c1)c74)c65. The fraction of sp³-hybridized carbons (Fsp3) is 0. The Morgan fingerprint density at radius 1 is 0.393 bits per heavy atom. The average Bonchev–Trinajstić information content (AvgIpc) is 2.75. The zero-order valence-corrected chi connectivity index (χ0v) is 16.8. The van der Waals surface area contributed by atoms with E-state index in [1.807, 2.05) is 0 Å². The number of fused-ring (bicyclic) bond motifs is 5. The second-order valence-electron chi connectivity index (χ2n) is 7.56. The van der Waals surface area contributed by atoms with Crippen molar-refractivity contribution in [2.45, 2.75) is 0 Å². The van der Waals surface area contributed by atoms with Crippen LogP contribution in [0.2, 0.25) is 0 Å². The van der Waals surface area contributed by atoms with Crippen molar-refractivity contribution in [1.82, 2.24) is 0 Å². The fourth-order valence-electron chi connectivity index (χ4n) is 4.91. The van der Waals surface area contributed by atoms with Gasteiger partial charge in [-0.15, -0.1) is 0 Å². The van der Waals surface area contributed by atoms with Gasteiger partial charge in [0.25, 0.3) is 0 Å². The molecule has 6 aromatic carbocycles. The standard InChI is InChI=1S/C27H15Se/c1-2-13-24-17(6-1)14-22-20-12-5-11-19-18-9-3-7-16-8-4-10-21(26(16)18)23(27(19)20)15-25(22)28-24/h1-15H/q+1. The Bertz CT molecular complexity index is 1700. The molecule has 1 heteroatoms. The molecule has 0 nitrogen and oxygen atoms in total. The van der Waals surface area contributed by atoms with Gasteiger partial charge in [-0.25, -0.2) is 0 Å². The van der Waals surface area contributed by atoms with E-state index in [9.17, 15) is 0 Å². The Hall–Kier alpha value is -2.99.